The summed E-state index contributed by atoms with van der Waals surface area (Å²) >= 11 is 1.72. The molecule has 0 bridgehead atoms. The van der Waals surface area contributed by atoms with Crippen molar-refractivity contribution in [1.29, 1.82) is 5.26 Å². The lowest BCUT2D eigenvalue weighted by Gasteiger charge is -2.09. The van der Waals surface area contributed by atoms with Crippen molar-refractivity contribution >= 4 is 17.0 Å². The molecule has 0 unspecified atom stereocenters. The minimum Gasteiger partial charge on any atom is -0.493 e. The van der Waals surface area contributed by atoms with Gasteiger partial charge in [-0.2, -0.15) is 5.26 Å². The van der Waals surface area contributed by atoms with Crippen molar-refractivity contribution in [3.8, 4) is 11.8 Å². The average molecular weight is 301 g/mol. The topological polar surface area (TPSA) is 57.9 Å². The maximum atomic E-state index is 8.49. The van der Waals surface area contributed by atoms with E-state index in [2.05, 4.69) is 16.4 Å². The molecule has 5 heteroatoms. The Labute approximate surface area is 129 Å². The van der Waals surface area contributed by atoms with Gasteiger partial charge in [-0.15, -0.1) is 11.3 Å². The lowest BCUT2D eigenvalue weighted by atomic mass is 10.3. The minimum atomic E-state index is 0.530. The van der Waals surface area contributed by atoms with E-state index < -0.39 is 0 Å². The molecule has 110 valence electrons. The first-order valence-electron chi connectivity index (χ1n) is 6.95. The number of ether oxygens (including phenoxy) is 1. The molecule has 0 aliphatic heterocycles. The summed E-state index contributed by atoms with van der Waals surface area (Å²) in [7, 11) is 0. The molecule has 0 radical (unpaired) electrons. The van der Waals surface area contributed by atoms with Crippen LogP contribution in [0, 0.1) is 25.2 Å². The van der Waals surface area contributed by atoms with Crippen molar-refractivity contribution in [1.82, 2.24) is 4.98 Å². The Bertz CT molecular complexity index is 631. The summed E-state index contributed by atoms with van der Waals surface area (Å²) in [5, 5.41) is 13.0. The fourth-order valence-corrected chi connectivity index (χ4v) is 2.83. The van der Waals surface area contributed by atoms with Gasteiger partial charge in [0, 0.05) is 23.1 Å². The minimum absolute atomic E-state index is 0.530. The van der Waals surface area contributed by atoms with E-state index in [0.717, 1.165) is 35.1 Å². The molecular weight excluding hydrogens is 282 g/mol. The zero-order valence-electron chi connectivity index (χ0n) is 12.3. The second kappa shape index (κ2) is 7.65. The van der Waals surface area contributed by atoms with Crippen molar-refractivity contribution in [2.75, 3.05) is 11.9 Å². The number of nitrogens with zero attached hydrogens (tertiary/aromatic N) is 2. The molecule has 0 aliphatic carbocycles. The number of rotatable bonds is 7. The van der Waals surface area contributed by atoms with Gasteiger partial charge < -0.3 is 10.1 Å². The molecule has 0 saturated heterocycles. The first-order valence-corrected chi connectivity index (χ1v) is 7.77. The molecule has 21 heavy (non-hydrogen) atoms. The third kappa shape index (κ3) is 4.76. The molecule has 1 aromatic carbocycles. The molecule has 1 aromatic heterocycles. The number of hydrogen-bond acceptors (Lipinski definition) is 5. The van der Waals surface area contributed by atoms with Gasteiger partial charge in [0.25, 0.3) is 0 Å². The molecule has 1 N–H and O–H groups in total. The van der Waals surface area contributed by atoms with Gasteiger partial charge in [0.15, 0.2) is 0 Å². The zero-order valence-corrected chi connectivity index (χ0v) is 13.2. The van der Waals surface area contributed by atoms with Crippen LogP contribution in [0.5, 0.6) is 5.75 Å². The number of unbranched alkanes of at least 4 members (excludes halogenated alkanes) is 1. The van der Waals surface area contributed by atoms with E-state index in [-0.39, 0.29) is 0 Å². The maximum Gasteiger partial charge on any atom is 0.121 e. The molecule has 0 fully saturated rings. The second-order valence-electron chi connectivity index (χ2n) is 4.73. The molecule has 0 amide bonds. The highest BCUT2D eigenvalue weighted by molar-refractivity contribution is 7.11. The molecule has 0 aliphatic rings. The van der Waals surface area contributed by atoms with E-state index in [9.17, 15) is 0 Å². The fourth-order valence-electron chi connectivity index (χ4n) is 1.96. The van der Waals surface area contributed by atoms with Crippen molar-refractivity contribution in [2.45, 2.75) is 33.2 Å². The summed E-state index contributed by atoms with van der Waals surface area (Å²) in [6.07, 6.45) is 1.29. The Morgan fingerprint density at radius 2 is 2.24 bits per heavy atom. The lowest BCUT2D eigenvalue weighted by molar-refractivity contribution is 0.313. The summed E-state index contributed by atoms with van der Waals surface area (Å²) < 4.78 is 5.63. The molecule has 2 aromatic rings. The predicted molar refractivity (Wildman–Crippen MR) is 85.7 cm³/mol. The summed E-state index contributed by atoms with van der Waals surface area (Å²) in [6.45, 7) is 5.41. The Morgan fingerprint density at radius 1 is 1.38 bits per heavy atom. The number of aromatic nitrogens is 1. The number of thiazole rings is 1. The fraction of sp³-hybridized carbons (Fsp3) is 0.375. The monoisotopic (exact) mass is 301 g/mol. The normalized spacial score (nSPS) is 10.1. The predicted octanol–water partition coefficient (Wildman–Crippen LogP) is 4.05. The van der Waals surface area contributed by atoms with Gasteiger partial charge in [-0.25, -0.2) is 4.98 Å². The Kier molecular flexibility index (Phi) is 5.59. The molecule has 1 heterocycles. The van der Waals surface area contributed by atoms with Crippen LogP contribution in [0.3, 0.4) is 0 Å². The van der Waals surface area contributed by atoms with E-state index in [1.807, 2.05) is 38.1 Å². The highest BCUT2D eigenvalue weighted by atomic mass is 32.1. The largest absolute Gasteiger partial charge is 0.493 e. The zero-order chi connectivity index (χ0) is 15.1. The van der Waals surface area contributed by atoms with Crippen LogP contribution in [0.4, 0.5) is 5.69 Å². The van der Waals surface area contributed by atoms with Crippen LogP contribution in [0.15, 0.2) is 24.3 Å². The third-order valence-corrected chi connectivity index (χ3v) is 4.06. The number of benzene rings is 1. The maximum absolute atomic E-state index is 8.49. The SMILES string of the molecule is Cc1nc(C)c(CNc2cccc(OCCCC#N)c2)s1. The Morgan fingerprint density at radius 3 is 2.95 bits per heavy atom. The van der Waals surface area contributed by atoms with Gasteiger partial charge in [-0.1, -0.05) is 6.07 Å². The molecular formula is C16H19N3OS. The number of nitrogens with one attached hydrogen (secondary N) is 1. The molecule has 0 spiro atoms. The van der Waals surface area contributed by atoms with Crippen LogP contribution < -0.4 is 10.1 Å². The van der Waals surface area contributed by atoms with E-state index in [1.54, 1.807) is 11.3 Å². The molecule has 2 rings (SSSR count). The number of anilines is 1. The highest BCUT2D eigenvalue weighted by Crippen LogP contribution is 2.21. The van der Waals surface area contributed by atoms with Crippen LogP contribution in [0.2, 0.25) is 0 Å². The van der Waals surface area contributed by atoms with Crippen molar-refractivity contribution in [2.24, 2.45) is 0 Å². The summed E-state index contributed by atoms with van der Waals surface area (Å²) in [4.78, 5) is 5.68. The number of hydrogen-bond donors (Lipinski definition) is 1. The lowest BCUT2D eigenvalue weighted by Crippen LogP contribution is -2.00. The first-order chi connectivity index (χ1) is 10.2. The Balaban J connectivity index is 1.89. The van der Waals surface area contributed by atoms with Crippen molar-refractivity contribution in [3.05, 3.63) is 39.8 Å². The van der Waals surface area contributed by atoms with Crippen molar-refractivity contribution in [3.63, 3.8) is 0 Å². The van der Waals surface area contributed by atoms with E-state index in [4.69, 9.17) is 10.00 Å². The number of aryl methyl sites for hydroxylation is 2. The molecule has 0 saturated carbocycles. The summed E-state index contributed by atoms with van der Waals surface area (Å²) in [6, 6.07) is 10.0. The highest BCUT2D eigenvalue weighted by Gasteiger charge is 2.04. The van der Waals surface area contributed by atoms with Gasteiger partial charge in [-0.05, 0) is 32.4 Å². The summed E-state index contributed by atoms with van der Waals surface area (Å²) in [5.74, 6) is 0.829. The smallest absolute Gasteiger partial charge is 0.121 e. The van der Waals surface area contributed by atoms with Crippen molar-refractivity contribution < 1.29 is 4.74 Å². The van der Waals surface area contributed by atoms with Gasteiger partial charge >= 0.3 is 0 Å². The van der Waals surface area contributed by atoms with E-state index in [1.165, 1.54) is 4.88 Å². The first kappa shape index (κ1) is 15.3. The third-order valence-electron chi connectivity index (χ3n) is 2.99. The Hall–Kier alpha value is -2.06. The van der Waals surface area contributed by atoms with Gasteiger partial charge in [0.1, 0.15) is 5.75 Å². The summed E-state index contributed by atoms with van der Waals surface area (Å²) in [5.41, 5.74) is 2.12. The van der Waals surface area contributed by atoms with Gasteiger partial charge in [-0.3, -0.25) is 0 Å². The quantitative estimate of drug-likeness (QED) is 0.784. The van der Waals surface area contributed by atoms with E-state index >= 15 is 0 Å². The average Bonchev–Trinajstić information content (AvgIpc) is 2.80. The molecule has 0 atom stereocenters. The van der Waals surface area contributed by atoms with Gasteiger partial charge in [0.05, 0.1) is 29.9 Å². The van der Waals surface area contributed by atoms with Crippen LogP contribution >= 0.6 is 11.3 Å². The second-order valence-corrected chi connectivity index (χ2v) is 6.02. The van der Waals surface area contributed by atoms with Gasteiger partial charge in [0.2, 0.25) is 0 Å². The van der Waals surface area contributed by atoms with E-state index in [0.29, 0.717) is 13.0 Å². The molecule has 4 nitrogen and oxygen atoms in total. The van der Waals surface area contributed by atoms with Crippen LogP contribution in [0.25, 0.3) is 0 Å². The number of nitriles is 1. The van der Waals surface area contributed by atoms with Crippen LogP contribution in [-0.4, -0.2) is 11.6 Å². The standard InChI is InChI=1S/C16H19N3OS/c1-12-16(21-13(2)19-12)11-18-14-6-5-7-15(10-14)20-9-4-3-8-17/h5-7,10,18H,3-4,9,11H2,1-2H3. The van der Waals surface area contributed by atoms with Crippen LogP contribution in [-0.2, 0) is 6.54 Å². The van der Waals surface area contributed by atoms with Crippen LogP contribution in [0.1, 0.15) is 28.4 Å².